The number of urea groups is 1. The molecule has 0 radical (unpaired) electrons. The van der Waals surface area contributed by atoms with Crippen molar-refractivity contribution >= 4 is 17.6 Å². The average Bonchev–Trinajstić information content (AvgIpc) is 2.87. The molecular formula is C26H33N3O4. The predicted molar refractivity (Wildman–Crippen MR) is 128 cm³/mol. The van der Waals surface area contributed by atoms with E-state index in [1.165, 1.54) is 0 Å². The number of hydrogen-bond donors (Lipinski definition) is 1. The molecule has 7 heteroatoms. The molecule has 176 valence electrons. The molecular weight excluding hydrogens is 418 g/mol. The van der Waals surface area contributed by atoms with Gasteiger partial charge in [0.2, 0.25) is 5.91 Å². The molecule has 33 heavy (non-hydrogen) atoms. The molecule has 0 bridgehead atoms. The van der Waals surface area contributed by atoms with Gasteiger partial charge in [-0.25, -0.2) is 4.79 Å². The summed E-state index contributed by atoms with van der Waals surface area (Å²) >= 11 is 0. The highest BCUT2D eigenvalue weighted by Gasteiger charge is 2.34. The van der Waals surface area contributed by atoms with E-state index in [4.69, 9.17) is 9.47 Å². The van der Waals surface area contributed by atoms with Crippen molar-refractivity contribution in [2.45, 2.75) is 45.8 Å². The summed E-state index contributed by atoms with van der Waals surface area (Å²) in [4.78, 5) is 29.8. The van der Waals surface area contributed by atoms with E-state index in [0.717, 1.165) is 29.2 Å². The van der Waals surface area contributed by atoms with Crippen molar-refractivity contribution in [2.24, 2.45) is 5.92 Å². The van der Waals surface area contributed by atoms with E-state index in [9.17, 15) is 9.59 Å². The number of nitrogens with zero attached hydrogens (tertiary/aromatic N) is 2. The summed E-state index contributed by atoms with van der Waals surface area (Å²) in [5.41, 5.74) is 1.79. The SMILES string of the molecule is CCOc1ccccc1CNC(=O)C1CCN(C(=O)N2CC(CC)Oc3ccccc32)CC1. The van der Waals surface area contributed by atoms with Gasteiger partial charge < -0.3 is 19.7 Å². The second-order valence-electron chi connectivity index (χ2n) is 8.53. The highest BCUT2D eigenvalue weighted by molar-refractivity contribution is 5.94. The van der Waals surface area contributed by atoms with Gasteiger partial charge in [0.1, 0.15) is 17.6 Å². The number of likely N-dealkylation sites (tertiary alicyclic amines) is 1. The van der Waals surface area contributed by atoms with Gasteiger partial charge in [-0.2, -0.15) is 0 Å². The van der Waals surface area contributed by atoms with Crippen LogP contribution in [-0.4, -0.2) is 49.2 Å². The van der Waals surface area contributed by atoms with Crippen molar-refractivity contribution in [1.29, 1.82) is 0 Å². The van der Waals surface area contributed by atoms with E-state index in [2.05, 4.69) is 12.2 Å². The van der Waals surface area contributed by atoms with Gasteiger partial charge in [-0.3, -0.25) is 9.69 Å². The third kappa shape index (κ3) is 5.24. The lowest BCUT2D eigenvalue weighted by Crippen LogP contribution is -2.52. The maximum absolute atomic E-state index is 13.3. The van der Waals surface area contributed by atoms with Gasteiger partial charge in [0, 0.05) is 31.1 Å². The first-order valence-corrected chi connectivity index (χ1v) is 11.9. The zero-order valence-corrected chi connectivity index (χ0v) is 19.5. The van der Waals surface area contributed by atoms with Crippen LogP contribution < -0.4 is 19.7 Å². The Bertz CT molecular complexity index is 972. The maximum atomic E-state index is 13.3. The van der Waals surface area contributed by atoms with Crippen LogP contribution in [0.25, 0.3) is 0 Å². The molecule has 1 saturated heterocycles. The van der Waals surface area contributed by atoms with Crippen molar-refractivity contribution in [3.63, 3.8) is 0 Å². The first-order valence-electron chi connectivity index (χ1n) is 11.9. The molecule has 0 saturated carbocycles. The highest BCUT2D eigenvalue weighted by atomic mass is 16.5. The zero-order valence-electron chi connectivity index (χ0n) is 19.5. The number of ether oxygens (including phenoxy) is 2. The summed E-state index contributed by atoms with van der Waals surface area (Å²) in [5.74, 6) is 1.51. The lowest BCUT2D eigenvalue weighted by Gasteiger charge is -2.39. The van der Waals surface area contributed by atoms with Gasteiger partial charge in [0.05, 0.1) is 18.8 Å². The van der Waals surface area contributed by atoms with Gasteiger partial charge in [0.25, 0.3) is 0 Å². The molecule has 3 amide bonds. The molecule has 2 aromatic rings. The number of fused-ring (bicyclic) bond motifs is 1. The van der Waals surface area contributed by atoms with Crippen molar-refractivity contribution in [3.8, 4) is 11.5 Å². The molecule has 0 spiro atoms. The number of carbonyl (C=O) groups excluding carboxylic acids is 2. The van der Waals surface area contributed by atoms with E-state index in [1.807, 2.05) is 65.3 Å². The standard InChI is InChI=1S/C26H33N3O4/c1-3-21-18-29(22-10-6-8-12-24(22)33-21)26(31)28-15-13-19(14-16-28)25(30)27-17-20-9-5-7-11-23(20)32-4-2/h5-12,19,21H,3-4,13-18H2,1-2H3,(H,27,30). The molecule has 1 N–H and O–H groups in total. The van der Waals surface area contributed by atoms with Crippen LogP contribution in [0.2, 0.25) is 0 Å². The minimum absolute atomic E-state index is 0.00583. The number of benzene rings is 2. The number of piperidine rings is 1. The van der Waals surface area contributed by atoms with Crippen LogP contribution in [0.5, 0.6) is 11.5 Å². The normalized spacial score (nSPS) is 18.3. The minimum Gasteiger partial charge on any atom is -0.494 e. The number of rotatable bonds is 6. The molecule has 2 aliphatic rings. The van der Waals surface area contributed by atoms with Crippen LogP contribution in [0.15, 0.2) is 48.5 Å². The summed E-state index contributed by atoms with van der Waals surface area (Å²) in [6, 6.07) is 15.5. The van der Waals surface area contributed by atoms with Crippen LogP contribution in [0.1, 0.15) is 38.7 Å². The van der Waals surface area contributed by atoms with Crippen molar-refractivity contribution < 1.29 is 19.1 Å². The Hall–Kier alpha value is -3.22. The summed E-state index contributed by atoms with van der Waals surface area (Å²) in [5, 5.41) is 3.05. The van der Waals surface area contributed by atoms with Crippen LogP contribution in [0, 0.1) is 5.92 Å². The highest BCUT2D eigenvalue weighted by Crippen LogP contribution is 2.35. The predicted octanol–water partition coefficient (Wildman–Crippen LogP) is 4.21. The number of hydrogen-bond acceptors (Lipinski definition) is 4. The Morgan fingerprint density at radius 3 is 2.55 bits per heavy atom. The van der Waals surface area contributed by atoms with E-state index in [1.54, 1.807) is 0 Å². The Morgan fingerprint density at radius 2 is 1.79 bits per heavy atom. The largest absolute Gasteiger partial charge is 0.494 e. The van der Waals surface area contributed by atoms with Crippen LogP contribution in [0.4, 0.5) is 10.5 Å². The molecule has 1 fully saturated rings. The lowest BCUT2D eigenvalue weighted by molar-refractivity contribution is -0.126. The Kier molecular flexibility index (Phi) is 7.37. The number of amides is 3. The summed E-state index contributed by atoms with van der Waals surface area (Å²) in [6.45, 7) is 6.74. The first-order chi connectivity index (χ1) is 16.1. The summed E-state index contributed by atoms with van der Waals surface area (Å²) in [7, 11) is 0. The fourth-order valence-electron chi connectivity index (χ4n) is 4.47. The fourth-order valence-corrected chi connectivity index (χ4v) is 4.47. The van der Waals surface area contributed by atoms with E-state index < -0.39 is 0 Å². The Balaban J connectivity index is 1.32. The Labute approximate surface area is 195 Å². The zero-order chi connectivity index (χ0) is 23.2. The first kappa shape index (κ1) is 23.0. The van der Waals surface area contributed by atoms with Crippen molar-refractivity contribution in [1.82, 2.24) is 10.2 Å². The molecule has 1 unspecified atom stereocenters. The van der Waals surface area contributed by atoms with Crippen LogP contribution in [-0.2, 0) is 11.3 Å². The number of para-hydroxylation sites is 3. The van der Waals surface area contributed by atoms with E-state index in [0.29, 0.717) is 45.6 Å². The van der Waals surface area contributed by atoms with Crippen molar-refractivity contribution in [2.75, 3.05) is 31.1 Å². The molecule has 2 aromatic carbocycles. The topological polar surface area (TPSA) is 71.1 Å². The molecule has 0 aliphatic carbocycles. The van der Waals surface area contributed by atoms with Gasteiger partial charge >= 0.3 is 6.03 Å². The molecule has 4 rings (SSSR count). The van der Waals surface area contributed by atoms with Gasteiger partial charge in [0.15, 0.2) is 0 Å². The third-order valence-corrected chi connectivity index (χ3v) is 6.38. The maximum Gasteiger partial charge on any atom is 0.324 e. The second-order valence-corrected chi connectivity index (χ2v) is 8.53. The van der Waals surface area contributed by atoms with Crippen LogP contribution >= 0.6 is 0 Å². The number of nitrogens with one attached hydrogen (secondary N) is 1. The van der Waals surface area contributed by atoms with Gasteiger partial charge in [-0.05, 0) is 44.4 Å². The minimum atomic E-state index is -0.0892. The lowest BCUT2D eigenvalue weighted by atomic mass is 9.96. The fraction of sp³-hybridized carbons (Fsp3) is 0.462. The van der Waals surface area contributed by atoms with E-state index in [-0.39, 0.29) is 24.0 Å². The quantitative estimate of drug-likeness (QED) is 0.714. The molecule has 1 atom stereocenters. The number of anilines is 1. The second kappa shape index (κ2) is 10.6. The molecule has 2 aliphatic heterocycles. The molecule has 2 heterocycles. The smallest absolute Gasteiger partial charge is 0.324 e. The van der Waals surface area contributed by atoms with E-state index >= 15 is 0 Å². The number of carbonyl (C=O) groups is 2. The van der Waals surface area contributed by atoms with Gasteiger partial charge in [-0.1, -0.05) is 37.3 Å². The Morgan fingerprint density at radius 1 is 1.06 bits per heavy atom. The monoisotopic (exact) mass is 451 g/mol. The third-order valence-electron chi connectivity index (χ3n) is 6.38. The average molecular weight is 452 g/mol. The molecule has 0 aromatic heterocycles. The summed E-state index contributed by atoms with van der Waals surface area (Å²) < 4.78 is 11.7. The molecule has 7 nitrogen and oxygen atoms in total. The van der Waals surface area contributed by atoms with Crippen molar-refractivity contribution in [3.05, 3.63) is 54.1 Å². The van der Waals surface area contributed by atoms with Crippen LogP contribution in [0.3, 0.4) is 0 Å². The summed E-state index contributed by atoms with van der Waals surface area (Å²) in [6.07, 6.45) is 2.15. The van der Waals surface area contributed by atoms with Gasteiger partial charge in [-0.15, -0.1) is 0 Å².